The van der Waals surface area contributed by atoms with E-state index in [2.05, 4.69) is 25.5 Å². The third kappa shape index (κ3) is 3.89. The second-order valence-electron chi connectivity index (χ2n) is 7.55. The van der Waals surface area contributed by atoms with Crippen molar-refractivity contribution in [2.75, 3.05) is 0 Å². The fourth-order valence-electron chi connectivity index (χ4n) is 3.56. The van der Waals surface area contributed by atoms with Crippen LogP contribution in [0, 0.1) is 0 Å². The lowest BCUT2D eigenvalue weighted by Gasteiger charge is -2.09. The molecule has 4 aromatic rings. The van der Waals surface area contributed by atoms with Crippen molar-refractivity contribution >= 4 is 32.7 Å². The molecular weight excluding hydrogens is 478 g/mol. The normalized spacial score (nSPS) is 14.2. The molecule has 0 radical (unpaired) electrons. The largest absolute Gasteiger partial charge is 0.345 e. The SMILES string of the molecule is O=C(NCc1cccnn1)c1cc2c(=O)n(Cc3ccc4c(c3)C(=O)N(O)S4(=O)=O)cnc2cn1. The van der Waals surface area contributed by atoms with Gasteiger partial charge in [0.1, 0.15) is 10.6 Å². The van der Waals surface area contributed by atoms with E-state index in [1.807, 2.05) is 0 Å². The molecule has 13 nitrogen and oxygen atoms in total. The molecule has 2 N–H and O–H groups in total. The molecule has 176 valence electrons. The van der Waals surface area contributed by atoms with Crippen LogP contribution in [0.3, 0.4) is 0 Å². The van der Waals surface area contributed by atoms with E-state index in [4.69, 9.17) is 0 Å². The second kappa shape index (κ2) is 8.34. The lowest BCUT2D eigenvalue weighted by molar-refractivity contribution is 0.0111. The van der Waals surface area contributed by atoms with Gasteiger partial charge in [-0.1, -0.05) is 6.07 Å². The van der Waals surface area contributed by atoms with Gasteiger partial charge in [0.15, 0.2) is 0 Å². The molecule has 0 atom stereocenters. The van der Waals surface area contributed by atoms with Gasteiger partial charge in [-0.05, 0) is 35.9 Å². The molecule has 0 aliphatic carbocycles. The fraction of sp³-hybridized carbons (Fsp3) is 0.0952. The molecule has 4 heterocycles. The zero-order valence-corrected chi connectivity index (χ0v) is 18.5. The summed E-state index contributed by atoms with van der Waals surface area (Å²) in [6, 6.07) is 8.63. The maximum absolute atomic E-state index is 13.1. The molecule has 35 heavy (non-hydrogen) atoms. The number of sulfonamides is 1. The van der Waals surface area contributed by atoms with E-state index < -0.39 is 27.4 Å². The van der Waals surface area contributed by atoms with Crippen molar-refractivity contribution in [3.8, 4) is 0 Å². The monoisotopic (exact) mass is 493 g/mol. The number of carbonyl (C=O) groups excluding carboxylic acids is 2. The first-order chi connectivity index (χ1) is 16.8. The second-order valence-corrected chi connectivity index (χ2v) is 9.28. The minimum absolute atomic E-state index is 0.00871. The highest BCUT2D eigenvalue weighted by atomic mass is 32.2. The van der Waals surface area contributed by atoms with Crippen molar-refractivity contribution in [2.24, 2.45) is 0 Å². The molecule has 1 aromatic carbocycles. The molecule has 1 aliphatic heterocycles. The quantitative estimate of drug-likeness (QED) is 0.362. The number of rotatable bonds is 5. The summed E-state index contributed by atoms with van der Waals surface area (Å²) in [4.78, 5) is 45.6. The molecule has 14 heteroatoms. The van der Waals surface area contributed by atoms with Crippen LogP contribution in [0.25, 0.3) is 10.9 Å². The molecule has 2 amide bonds. The van der Waals surface area contributed by atoms with Gasteiger partial charge in [0.05, 0.1) is 47.8 Å². The molecule has 0 saturated heterocycles. The van der Waals surface area contributed by atoms with Crippen molar-refractivity contribution in [3.05, 3.63) is 88.0 Å². The fourth-order valence-corrected chi connectivity index (χ4v) is 4.72. The third-order valence-electron chi connectivity index (χ3n) is 5.31. The van der Waals surface area contributed by atoms with E-state index in [0.717, 1.165) is 0 Å². The first kappa shape index (κ1) is 22.2. The van der Waals surface area contributed by atoms with Gasteiger partial charge >= 0.3 is 0 Å². The van der Waals surface area contributed by atoms with Gasteiger partial charge in [0.25, 0.3) is 27.4 Å². The molecule has 1 aliphatic rings. The Kier molecular flexibility index (Phi) is 5.30. The maximum atomic E-state index is 13.1. The van der Waals surface area contributed by atoms with Gasteiger partial charge < -0.3 is 5.32 Å². The van der Waals surface area contributed by atoms with E-state index >= 15 is 0 Å². The average Bonchev–Trinajstić information content (AvgIpc) is 3.04. The standard InChI is InChI=1S/C21H15N7O6S/c29-19(23-8-13-2-1-5-25-26-13)16-7-14-17(9-22-16)24-11-27(20(14)30)10-12-3-4-18-15(6-12)21(31)28(32)35(18,33)34/h1-7,9,11,32H,8,10H2,(H,23,29). The predicted octanol–water partition coefficient (Wildman–Crippen LogP) is 0.0935. The maximum Gasteiger partial charge on any atom is 0.293 e. The first-order valence-corrected chi connectivity index (χ1v) is 11.5. The number of hydrogen-bond acceptors (Lipinski definition) is 10. The minimum atomic E-state index is -4.29. The summed E-state index contributed by atoms with van der Waals surface area (Å²) in [6.45, 7) is 0.0893. The summed E-state index contributed by atoms with van der Waals surface area (Å²) in [5.74, 6) is -1.59. The van der Waals surface area contributed by atoms with Gasteiger partial charge in [0.2, 0.25) is 0 Å². The Bertz CT molecular complexity index is 1670. The summed E-state index contributed by atoms with van der Waals surface area (Å²) >= 11 is 0. The van der Waals surface area contributed by atoms with Crippen molar-refractivity contribution in [1.29, 1.82) is 0 Å². The van der Waals surface area contributed by atoms with Crippen LogP contribution < -0.4 is 10.9 Å². The van der Waals surface area contributed by atoms with Crippen LogP contribution in [0.4, 0.5) is 0 Å². The van der Waals surface area contributed by atoms with Gasteiger partial charge in [-0.3, -0.25) is 24.2 Å². The highest BCUT2D eigenvalue weighted by Gasteiger charge is 2.40. The van der Waals surface area contributed by atoms with Crippen LogP contribution in [-0.4, -0.2) is 54.6 Å². The number of fused-ring (bicyclic) bond motifs is 2. The number of hydroxylamine groups is 1. The molecule has 5 rings (SSSR count). The van der Waals surface area contributed by atoms with E-state index in [9.17, 15) is 28.0 Å². The Labute approximate surface area is 196 Å². The Morgan fingerprint density at radius 3 is 2.71 bits per heavy atom. The van der Waals surface area contributed by atoms with Crippen molar-refractivity contribution in [3.63, 3.8) is 0 Å². The van der Waals surface area contributed by atoms with E-state index in [0.29, 0.717) is 11.3 Å². The minimum Gasteiger partial charge on any atom is -0.345 e. The van der Waals surface area contributed by atoms with Crippen LogP contribution >= 0.6 is 0 Å². The van der Waals surface area contributed by atoms with Crippen molar-refractivity contribution in [2.45, 2.75) is 18.0 Å². The Hall–Kier alpha value is -4.56. The van der Waals surface area contributed by atoms with E-state index in [1.165, 1.54) is 47.6 Å². The number of nitrogens with one attached hydrogen (secondary N) is 1. The Morgan fingerprint density at radius 1 is 1.11 bits per heavy atom. The van der Waals surface area contributed by atoms with Crippen LogP contribution in [0.15, 0.2) is 64.8 Å². The number of pyridine rings is 1. The predicted molar refractivity (Wildman–Crippen MR) is 118 cm³/mol. The van der Waals surface area contributed by atoms with Crippen LogP contribution in [0.2, 0.25) is 0 Å². The van der Waals surface area contributed by atoms with Gasteiger partial charge in [0, 0.05) is 6.20 Å². The number of benzene rings is 1. The average molecular weight is 493 g/mol. The molecule has 0 fully saturated rings. The Balaban J connectivity index is 1.42. The number of hydrogen-bond donors (Lipinski definition) is 2. The summed E-state index contributed by atoms with van der Waals surface area (Å²) < 4.78 is 25.0. The van der Waals surface area contributed by atoms with Gasteiger partial charge in [-0.2, -0.15) is 18.6 Å². The molecule has 0 spiro atoms. The number of amides is 2. The van der Waals surface area contributed by atoms with Crippen molar-refractivity contribution < 1.29 is 23.2 Å². The smallest absolute Gasteiger partial charge is 0.293 e. The van der Waals surface area contributed by atoms with Gasteiger partial charge in [-0.15, -0.1) is 4.47 Å². The Morgan fingerprint density at radius 2 is 1.94 bits per heavy atom. The first-order valence-electron chi connectivity index (χ1n) is 10.1. The van der Waals surface area contributed by atoms with E-state index in [1.54, 1.807) is 12.1 Å². The lowest BCUT2D eigenvalue weighted by Crippen LogP contribution is -2.26. The number of carbonyl (C=O) groups is 2. The molecule has 0 bridgehead atoms. The highest BCUT2D eigenvalue weighted by molar-refractivity contribution is 7.90. The number of aromatic nitrogens is 5. The van der Waals surface area contributed by atoms with Crippen molar-refractivity contribution in [1.82, 2.24) is 34.5 Å². The molecule has 3 aromatic heterocycles. The highest BCUT2D eigenvalue weighted by Crippen LogP contribution is 2.29. The molecule has 0 saturated carbocycles. The summed E-state index contributed by atoms with van der Waals surface area (Å²) in [7, 11) is -4.29. The number of nitrogens with zero attached hydrogens (tertiary/aromatic N) is 6. The van der Waals surface area contributed by atoms with Crippen LogP contribution in [0.5, 0.6) is 0 Å². The van der Waals surface area contributed by atoms with Gasteiger partial charge in [-0.25, -0.2) is 9.97 Å². The zero-order valence-electron chi connectivity index (χ0n) is 17.7. The van der Waals surface area contributed by atoms with Crippen LogP contribution in [0.1, 0.15) is 32.1 Å². The summed E-state index contributed by atoms with van der Waals surface area (Å²) in [5.41, 5.74) is 0.608. The topological polar surface area (TPSA) is 177 Å². The molecular formula is C21H15N7O6S. The lowest BCUT2D eigenvalue weighted by atomic mass is 10.1. The third-order valence-corrected chi connectivity index (χ3v) is 6.84. The summed E-state index contributed by atoms with van der Waals surface area (Å²) in [6.07, 6.45) is 4.11. The van der Waals surface area contributed by atoms with E-state index in [-0.39, 0.29) is 44.6 Å². The van der Waals surface area contributed by atoms with Crippen LogP contribution in [-0.2, 0) is 23.1 Å². The molecule has 0 unspecified atom stereocenters. The summed E-state index contributed by atoms with van der Waals surface area (Å²) in [5, 5.41) is 20.0. The zero-order chi connectivity index (χ0) is 24.7.